The Kier molecular flexibility index (Phi) is 6.99. The Morgan fingerprint density at radius 1 is 1.03 bits per heavy atom. The Labute approximate surface area is 214 Å². The van der Waals surface area contributed by atoms with Gasteiger partial charge in [-0.15, -0.1) is 0 Å². The molecule has 2 fully saturated rings. The summed E-state index contributed by atoms with van der Waals surface area (Å²) in [5.74, 6) is 0.485. The van der Waals surface area contributed by atoms with Gasteiger partial charge in [-0.1, -0.05) is 60.4 Å². The SMILES string of the molecule is CN1CCN(c2nc3ccccn3c(=O)c2C=C2SC(=S)N(CCCc3ccccc3)C2=O)CC1. The van der Waals surface area contributed by atoms with Gasteiger partial charge in [0.15, 0.2) is 0 Å². The predicted molar refractivity (Wildman–Crippen MR) is 146 cm³/mol. The van der Waals surface area contributed by atoms with Crippen molar-refractivity contribution in [1.82, 2.24) is 19.2 Å². The van der Waals surface area contributed by atoms with Crippen LogP contribution in [0.2, 0.25) is 0 Å². The van der Waals surface area contributed by atoms with Gasteiger partial charge in [-0.2, -0.15) is 0 Å². The Morgan fingerprint density at radius 3 is 2.54 bits per heavy atom. The number of aryl methyl sites for hydroxylation is 1. The molecule has 4 heterocycles. The number of carbonyl (C=O) groups excluding carboxylic acids is 1. The molecule has 0 atom stereocenters. The Bertz CT molecular complexity index is 1350. The largest absolute Gasteiger partial charge is 0.353 e. The molecule has 2 saturated heterocycles. The number of rotatable bonds is 6. The number of hydrogen-bond acceptors (Lipinski definition) is 7. The van der Waals surface area contributed by atoms with Gasteiger partial charge in [-0.3, -0.25) is 18.9 Å². The molecule has 35 heavy (non-hydrogen) atoms. The topological polar surface area (TPSA) is 61.2 Å². The molecule has 5 rings (SSSR count). The molecule has 1 aromatic carbocycles. The van der Waals surface area contributed by atoms with Gasteiger partial charge in [0.1, 0.15) is 15.8 Å². The van der Waals surface area contributed by atoms with E-state index in [9.17, 15) is 9.59 Å². The predicted octanol–water partition coefficient (Wildman–Crippen LogP) is 3.28. The number of piperazine rings is 1. The quantitative estimate of drug-likeness (QED) is 0.376. The smallest absolute Gasteiger partial charge is 0.267 e. The first-order chi connectivity index (χ1) is 17.0. The molecule has 0 aliphatic carbocycles. The third-order valence-electron chi connectivity index (χ3n) is 6.39. The first-order valence-corrected chi connectivity index (χ1v) is 13.0. The van der Waals surface area contributed by atoms with Gasteiger partial charge in [0.25, 0.3) is 11.5 Å². The highest BCUT2D eigenvalue weighted by molar-refractivity contribution is 8.26. The molecular formula is C26H27N5O2S2. The summed E-state index contributed by atoms with van der Waals surface area (Å²) in [5.41, 5.74) is 2.08. The average molecular weight is 506 g/mol. The summed E-state index contributed by atoms with van der Waals surface area (Å²) in [4.78, 5) is 38.1. The maximum atomic E-state index is 13.5. The van der Waals surface area contributed by atoms with Crippen LogP contribution in [0.1, 0.15) is 17.5 Å². The molecule has 2 aliphatic rings. The fourth-order valence-electron chi connectivity index (χ4n) is 4.39. The van der Waals surface area contributed by atoms with Crippen LogP contribution in [0.4, 0.5) is 5.82 Å². The maximum absolute atomic E-state index is 13.5. The van der Waals surface area contributed by atoms with Crippen LogP contribution in [0, 0.1) is 0 Å². The molecule has 2 aliphatic heterocycles. The zero-order valence-corrected chi connectivity index (χ0v) is 21.2. The highest BCUT2D eigenvalue weighted by atomic mass is 32.2. The van der Waals surface area contributed by atoms with E-state index < -0.39 is 0 Å². The van der Waals surface area contributed by atoms with E-state index in [-0.39, 0.29) is 11.5 Å². The van der Waals surface area contributed by atoms with Gasteiger partial charge in [0.05, 0.1) is 10.5 Å². The number of aromatic nitrogens is 2. The molecule has 9 heteroatoms. The number of benzene rings is 1. The van der Waals surface area contributed by atoms with Crippen LogP contribution in [-0.4, -0.2) is 69.2 Å². The van der Waals surface area contributed by atoms with Crippen molar-refractivity contribution in [2.24, 2.45) is 0 Å². The van der Waals surface area contributed by atoms with Gasteiger partial charge < -0.3 is 9.80 Å². The van der Waals surface area contributed by atoms with Crippen LogP contribution in [0.25, 0.3) is 11.7 Å². The summed E-state index contributed by atoms with van der Waals surface area (Å²) in [7, 11) is 2.09. The number of pyridine rings is 1. The fourth-order valence-corrected chi connectivity index (χ4v) is 5.68. The minimum absolute atomic E-state index is 0.144. The summed E-state index contributed by atoms with van der Waals surface area (Å²) in [6.45, 7) is 3.87. The molecular weight excluding hydrogens is 478 g/mol. The molecule has 180 valence electrons. The van der Waals surface area contributed by atoms with Crippen LogP contribution >= 0.6 is 24.0 Å². The Balaban J connectivity index is 1.44. The van der Waals surface area contributed by atoms with Gasteiger partial charge in [-0.25, -0.2) is 4.98 Å². The van der Waals surface area contributed by atoms with E-state index in [4.69, 9.17) is 17.2 Å². The molecule has 2 aromatic heterocycles. The van der Waals surface area contributed by atoms with Gasteiger partial charge in [0, 0.05) is 38.9 Å². The third kappa shape index (κ3) is 5.03. The number of hydrogen-bond donors (Lipinski definition) is 0. The Hall–Kier alpha value is -3.01. The second-order valence-electron chi connectivity index (χ2n) is 8.80. The van der Waals surface area contributed by atoms with Crippen LogP contribution in [0.15, 0.2) is 64.4 Å². The summed E-state index contributed by atoms with van der Waals surface area (Å²) in [6.07, 6.45) is 5.10. The standard InChI is InChI=1S/C26H27N5O2S2/c1-28-14-16-29(17-15-28)23-20(24(32)30-12-6-5-11-22(30)27-23)18-21-25(33)31(26(34)35-21)13-7-10-19-8-3-2-4-9-19/h2-6,8-9,11-12,18H,7,10,13-17H2,1H3. The average Bonchev–Trinajstić information content (AvgIpc) is 3.14. The zero-order valence-electron chi connectivity index (χ0n) is 19.6. The zero-order chi connectivity index (χ0) is 24.4. The van der Waals surface area contributed by atoms with Crippen LogP contribution in [0.5, 0.6) is 0 Å². The van der Waals surface area contributed by atoms with E-state index in [1.54, 1.807) is 17.2 Å². The first-order valence-electron chi connectivity index (χ1n) is 11.8. The number of nitrogens with zero attached hydrogens (tertiary/aromatic N) is 5. The lowest BCUT2D eigenvalue weighted by atomic mass is 10.1. The molecule has 0 N–H and O–H groups in total. The van der Waals surface area contributed by atoms with Crippen molar-refractivity contribution in [1.29, 1.82) is 0 Å². The van der Waals surface area contributed by atoms with Crippen LogP contribution in [0.3, 0.4) is 0 Å². The summed E-state index contributed by atoms with van der Waals surface area (Å²) in [5, 5.41) is 0. The van der Waals surface area contributed by atoms with E-state index in [1.807, 2.05) is 36.4 Å². The Morgan fingerprint density at radius 2 is 1.77 bits per heavy atom. The number of anilines is 1. The molecule has 0 unspecified atom stereocenters. The lowest BCUT2D eigenvalue weighted by molar-refractivity contribution is -0.122. The summed E-state index contributed by atoms with van der Waals surface area (Å²) < 4.78 is 2.07. The van der Waals surface area contributed by atoms with Crippen LogP contribution in [-0.2, 0) is 11.2 Å². The molecule has 0 radical (unpaired) electrons. The summed E-state index contributed by atoms with van der Waals surface area (Å²) in [6, 6.07) is 15.7. The van der Waals surface area contributed by atoms with Crippen molar-refractivity contribution in [3.05, 3.63) is 81.1 Å². The van der Waals surface area contributed by atoms with E-state index >= 15 is 0 Å². The molecule has 0 saturated carbocycles. The minimum Gasteiger partial charge on any atom is -0.353 e. The number of amides is 1. The minimum atomic E-state index is -0.182. The third-order valence-corrected chi connectivity index (χ3v) is 7.77. The molecule has 7 nitrogen and oxygen atoms in total. The van der Waals surface area contributed by atoms with Crippen molar-refractivity contribution in [3.8, 4) is 0 Å². The van der Waals surface area contributed by atoms with E-state index in [0.717, 1.165) is 39.0 Å². The van der Waals surface area contributed by atoms with Crippen molar-refractivity contribution >= 4 is 51.7 Å². The fraction of sp³-hybridized carbons (Fsp3) is 0.308. The first kappa shape index (κ1) is 23.7. The lowest BCUT2D eigenvalue weighted by Gasteiger charge is -2.34. The molecule has 0 spiro atoms. The van der Waals surface area contributed by atoms with Gasteiger partial charge in [0.2, 0.25) is 0 Å². The van der Waals surface area contributed by atoms with Crippen molar-refractivity contribution in [2.75, 3.05) is 44.7 Å². The second-order valence-corrected chi connectivity index (χ2v) is 10.5. The van der Waals surface area contributed by atoms with E-state index in [2.05, 4.69) is 29.0 Å². The van der Waals surface area contributed by atoms with Crippen molar-refractivity contribution in [3.63, 3.8) is 0 Å². The normalized spacial score (nSPS) is 18.3. The van der Waals surface area contributed by atoms with Crippen molar-refractivity contribution < 1.29 is 4.79 Å². The van der Waals surface area contributed by atoms with Crippen molar-refractivity contribution in [2.45, 2.75) is 12.8 Å². The highest BCUT2D eigenvalue weighted by Gasteiger charge is 2.32. The van der Waals surface area contributed by atoms with E-state index in [0.29, 0.717) is 32.8 Å². The maximum Gasteiger partial charge on any atom is 0.267 e. The number of likely N-dealkylation sites (N-methyl/N-ethyl adjacent to an activating group) is 1. The van der Waals surface area contributed by atoms with Gasteiger partial charge in [-0.05, 0) is 43.7 Å². The number of thiocarbonyl (C=S) groups is 1. The second kappa shape index (κ2) is 10.3. The highest BCUT2D eigenvalue weighted by Crippen LogP contribution is 2.33. The number of thioether (sulfide) groups is 1. The molecule has 3 aromatic rings. The number of carbonyl (C=O) groups is 1. The lowest BCUT2D eigenvalue weighted by Crippen LogP contribution is -2.45. The molecule has 0 bridgehead atoms. The number of fused-ring (bicyclic) bond motifs is 1. The monoisotopic (exact) mass is 505 g/mol. The summed E-state index contributed by atoms with van der Waals surface area (Å²) >= 11 is 6.79. The molecule has 1 amide bonds. The van der Waals surface area contributed by atoms with Crippen LogP contribution < -0.4 is 10.5 Å². The van der Waals surface area contributed by atoms with E-state index in [1.165, 1.54) is 21.7 Å². The van der Waals surface area contributed by atoms with Gasteiger partial charge >= 0.3 is 0 Å².